The van der Waals surface area contributed by atoms with Crippen molar-refractivity contribution in [2.45, 2.75) is 25.2 Å². The van der Waals surface area contributed by atoms with Crippen LogP contribution in [0.3, 0.4) is 0 Å². The highest BCUT2D eigenvalue weighted by molar-refractivity contribution is 7.99. The van der Waals surface area contributed by atoms with E-state index in [1.165, 1.54) is 16.0 Å². The Labute approximate surface area is 119 Å². The molecule has 2 rings (SSSR count). The summed E-state index contributed by atoms with van der Waals surface area (Å²) in [6.07, 6.45) is 0.609. The van der Waals surface area contributed by atoms with E-state index in [2.05, 4.69) is 32.0 Å². The highest BCUT2D eigenvalue weighted by Crippen LogP contribution is 2.22. The molecule has 1 aromatic carbocycles. The summed E-state index contributed by atoms with van der Waals surface area (Å²) in [6.45, 7) is 7.08. The number of benzene rings is 1. The quantitative estimate of drug-likeness (QED) is 0.794. The van der Waals surface area contributed by atoms with Crippen LogP contribution in [0.4, 0.5) is 0 Å². The maximum atomic E-state index is 12.0. The highest BCUT2D eigenvalue weighted by atomic mass is 32.2. The molecule has 4 heteroatoms. The van der Waals surface area contributed by atoms with Gasteiger partial charge in [0.05, 0.1) is 13.2 Å². The molecule has 1 aliphatic heterocycles. The van der Waals surface area contributed by atoms with Crippen molar-refractivity contribution in [3.63, 3.8) is 0 Å². The Morgan fingerprint density at radius 1 is 1.26 bits per heavy atom. The Morgan fingerprint density at radius 3 is 2.68 bits per heavy atom. The minimum Gasteiger partial charge on any atom is -0.378 e. The molecule has 1 aromatic rings. The van der Waals surface area contributed by atoms with E-state index in [1.807, 2.05) is 4.90 Å². The molecule has 1 saturated heterocycles. The van der Waals surface area contributed by atoms with E-state index in [9.17, 15) is 4.79 Å². The van der Waals surface area contributed by atoms with Crippen LogP contribution in [-0.4, -0.2) is 42.9 Å². The number of nitrogens with zero attached hydrogens (tertiary/aromatic N) is 1. The number of carbonyl (C=O) groups is 1. The number of hydrogen-bond donors (Lipinski definition) is 0. The third-order valence-corrected chi connectivity index (χ3v) is 4.42. The normalized spacial score (nSPS) is 15.6. The minimum absolute atomic E-state index is 0.250. The zero-order valence-electron chi connectivity index (χ0n) is 11.6. The number of ether oxygens (including phenoxy) is 1. The van der Waals surface area contributed by atoms with Crippen LogP contribution in [-0.2, 0) is 9.53 Å². The van der Waals surface area contributed by atoms with Gasteiger partial charge in [0.2, 0.25) is 5.91 Å². The first-order chi connectivity index (χ1) is 9.16. The molecule has 1 amide bonds. The van der Waals surface area contributed by atoms with E-state index in [4.69, 9.17) is 4.74 Å². The van der Waals surface area contributed by atoms with Crippen molar-refractivity contribution in [1.29, 1.82) is 0 Å². The van der Waals surface area contributed by atoms with Crippen LogP contribution < -0.4 is 0 Å². The maximum Gasteiger partial charge on any atom is 0.223 e. The van der Waals surface area contributed by atoms with Crippen molar-refractivity contribution in [2.75, 3.05) is 32.1 Å². The molecule has 3 nitrogen and oxygen atoms in total. The second kappa shape index (κ2) is 6.96. The highest BCUT2D eigenvalue weighted by Gasteiger charge is 2.16. The fraction of sp³-hybridized carbons (Fsp3) is 0.533. The number of rotatable bonds is 4. The SMILES string of the molecule is Cc1ccc(SCCC(=O)N2CCOCC2)cc1C. The molecular formula is C15H21NO2S. The molecule has 1 fully saturated rings. The molecule has 0 bridgehead atoms. The lowest BCUT2D eigenvalue weighted by Gasteiger charge is -2.26. The second-order valence-electron chi connectivity index (χ2n) is 4.84. The summed E-state index contributed by atoms with van der Waals surface area (Å²) < 4.78 is 5.25. The molecule has 0 radical (unpaired) electrons. The fourth-order valence-electron chi connectivity index (χ4n) is 2.03. The van der Waals surface area contributed by atoms with Crippen LogP contribution in [0.25, 0.3) is 0 Å². The third-order valence-electron chi connectivity index (χ3n) is 3.43. The largest absolute Gasteiger partial charge is 0.378 e. The van der Waals surface area contributed by atoms with Crippen molar-refractivity contribution in [3.8, 4) is 0 Å². The lowest BCUT2D eigenvalue weighted by atomic mass is 10.1. The van der Waals surface area contributed by atoms with Gasteiger partial charge in [-0.1, -0.05) is 6.07 Å². The van der Waals surface area contributed by atoms with Gasteiger partial charge in [0.1, 0.15) is 0 Å². The number of carbonyl (C=O) groups excluding carboxylic acids is 1. The molecule has 0 saturated carbocycles. The molecule has 0 aliphatic carbocycles. The van der Waals surface area contributed by atoms with Gasteiger partial charge < -0.3 is 9.64 Å². The number of aryl methyl sites for hydroxylation is 2. The summed E-state index contributed by atoms with van der Waals surface area (Å²) in [5.41, 5.74) is 2.62. The predicted molar refractivity (Wildman–Crippen MR) is 78.7 cm³/mol. The maximum absolute atomic E-state index is 12.0. The van der Waals surface area contributed by atoms with Gasteiger partial charge in [-0.2, -0.15) is 0 Å². The van der Waals surface area contributed by atoms with Crippen molar-refractivity contribution < 1.29 is 9.53 Å². The molecule has 0 unspecified atom stereocenters. The standard InChI is InChI=1S/C15H21NO2S/c1-12-3-4-14(11-13(12)2)19-10-5-15(17)16-6-8-18-9-7-16/h3-4,11H,5-10H2,1-2H3. The monoisotopic (exact) mass is 279 g/mol. The van der Waals surface area contributed by atoms with E-state index in [-0.39, 0.29) is 5.91 Å². The first-order valence-electron chi connectivity index (χ1n) is 6.72. The van der Waals surface area contributed by atoms with Crippen molar-refractivity contribution in [1.82, 2.24) is 4.90 Å². The number of amides is 1. The smallest absolute Gasteiger partial charge is 0.223 e. The van der Waals surface area contributed by atoms with Crippen molar-refractivity contribution in [2.24, 2.45) is 0 Å². The van der Waals surface area contributed by atoms with Crippen LogP contribution in [0.2, 0.25) is 0 Å². The van der Waals surface area contributed by atoms with E-state index < -0.39 is 0 Å². The average Bonchev–Trinajstić information content (AvgIpc) is 2.43. The molecule has 19 heavy (non-hydrogen) atoms. The first kappa shape index (κ1) is 14.4. The van der Waals surface area contributed by atoms with Crippen LogP contribution >= 0.6 is 11.8 Å². The Hall–Kier alpha value is -1.00. The molecule has 0 spiro atoms. The lowest BCUT2D eigenvalue weighted by molar-refractivity contribution is -0.134. The van der Waals surface area contributed by atoms with Gasteiger partial charge in [-0.3, -0.25) is 4.79 Å². The molecule has 1 aliphatic rings. The zero-order chi connectivity index (χ0) is 13.7. The van der Waals surface area contributed by atoms with E-state index in [0.29, 0.717) is 19.6 Å². The third kappa shape index (κ3) is 4.25. The van der Waals surface area contributed by atoms with Crippen LogP contribution in [0.15, 0.2) is 23.1 Å². The van der Waals surface area contributed by atoms with Crippen molar-refractivity contribution >= 4 is 17.7 Å². The van der Waals surface area contributed by atoms with Gasteiger partial charge in [0.15, 0.2) is 0 Å². The molecule has 1 heterocycles. The Kier molecular flexibility index (Phi) is 5.28. The minimum atomic E-state index is 0.250. The summed E-state index contributed by atoms with van der Waals surface area (Å²) in [7, 11) is 0. The van der Waals surface area contributed by atoms with Crippen LogP contribution in [0.5, 0.6) is 0 Å². The van der Waals surface area contributed by atoms with Crippen molar-refractivity contribution in [3.05, 3.63) is 29.3 Å². The molecule has 104 valence electrons. The van der Waals surface area contributed by atoms with Gasteiger partial charge >= 0.3 is 0 Å². The number of thioether (sulfide) groups is 1. The predicted octanol–water partition coefficient (Wildman–Crippen LogP) is 2.64. The summed E-state index contributed by atoms with van der Waals surface area (Å²) in [6, 6.07) is 6.47. The fourth-order valence-corrected chi connectivity index (χ4v) is 2.97. The zero-order valence-corrected chi connectivity index (χ0v) is 12.5. The van der Waals surface area contributed by atoms with E-state index in [1.54, 1.807) is 11.8 Å². The van der Waals surface area contributed by atoms with Crippen LogP contribution in [0.1, 0.15) is 17.5 Å². The molecule has 0 N–H and O–H groups in total. The van der Waals surface area contributed by atoms with Gasteiger partial charge in [-0.15, -0.1) is 11.8 Å². The van der Waals surface area contributed by atoms with Gasteiger partial charge in [0.25, 0.3) is 0 Å². The van der Waals surface area contributed by atoms with Gasteiger partial charge in [-0.25, -0.2) is 0 Å². The number of hydrogen-bond acceptors (Lipinski definition) is 3. The first-order valence-corrected chi connectivity index (χ1v) is 7.71. The average molecular weight is 279 g/mol. The molecule has 0 aromatic heterocycles. The van der Waals surface area contributed by atoms with E-state index in [0.717, 1.165) is 18.8 Å². The topological polar surface area (TPSA) is 29.5 Å². The van der Waals surface area contributed by atoms with Crippen LogP contribution in [0, 0.1) is 13.8 Å². The summed E-state index contributed by atoms with van der Waals surface area (Å²) in [5.74, 6) is 1.10. The summed E-state index contributed by atoms with van der Waals surface area (Å²) >= 11 is 1.76. The Balaban J connectivity index is 1.76. The lowest BCUT2D eigenvalue weighted by Crippen LogP contribution is -2.40. The molecule has 0 atom stereocenters. The molecular weight excluding hydrogens is 258 g/mol. The summed E-state index contributed by atoms with van der Waals surface area (Å²) in [4.78, 5) is 15.1. The van der Waals surface area contributed by atoms with Gasteiger partial charge in [-0.05, 0) is 37.1 Å². The summed E-state index contributed by atoms with van der Waals surface area (Å²) in [5, 5.41) is 0. The Morgan fingerprint density at radius 2 is 2.00 bits per heavy atom. The Bertz CT molecular complexity index is 442. The van der Waals surface area contributed by atoms with E-state index >= 15 is 0 Å². The van der Waals surface area contributed by atoms with Gasteiger partial charge in [0, 0.05) is 30.2 Å². The second-order valence-corrected chi connectivity index (χ2v) is 6.01. The number of morpholine rings is 1.